The average Bonchev–Trinajstić information content (AvgIpc) is 2.51. The summed E-state index contributed by atoms with van der Waals surface area (Å²) in [6.45, 7) is 9.24. The van der Waals surface area contributed by atoms with Crippen LogP contribution in [0.15, 0.2) is 24.3 Å². The van der Waals surface area contributed by atoms with Crippen molar-refractivity contribution < 1.29 is 4.79 Å². The van der Waals surface area contributed by atoms with Gasteiger partial charge < -0.3 is 10.2 Å². The zero-order chi connectivity index (χ0) is 15.7. The maximum Gasteiger partial charge on any atom is 0.237 e. The SMILES string of the molecule is CCN(CC)CCSC(C)C(=O)Nc1ccccc1C#N. The second-order valence-corrected chi connectivity index (χ2v) is 6.14. The number of nitriles is 1. The summed E-state index contributed by atoms with van der Waals surface area (Å²) in [5.74, 6) is 0.873. The largest absolute Gasteiger partial charge is 0.324 e. The maximum atomic E-state index is 12.1. The van der Waals surface area contributed by atoms with Crippen LogP contribution in [0, 0.1) is 11.3 Å². The predicted molar refractivity (Wildman–Crippen MR) is 89.5 cm³/mol. The molecule has 1 N–H and O–H groups in total. The average molecular weight is 305 g/mol. The van der Waals surface area contributed by atoms with E-state index in [4.69, 9.17) is 5.26 Å². The van der Waals surface area contributed by atoms with Crippen LogP contribution in [0.1, 0.15) is 26.3 Å². The van der Waals surface area contributed by atoms with Gasteiger partial charge in [0.25, 0.3) is 0 Å². The molecule has 1 unspecified atom stereocenters. The van der Waals surface area contributed by atoms with Gasteiger partial charge in [0, 0.05) is 12.3 Å². The normalized spacial score (nSPS) is 12.0. The fraction of sp³-hybridized carbons (Fsp3) is 0.500. The molecule has 4 nitrogen and oxygen atoms in total. The summed E-state index contributed by atoms with van der Waals surface area (Å²) in [6, 6.07) is 9.14. The van der Waals surface area contributed by atoms with E-state index in [1.165, 1.54) is 0 Å². The number of benzene rings is 1. The molecule has 1 aromatic rings. The molecule has 114 valence electrons. The Balaban J connectivity index is 2.46. The van der Waals surface area contributed by atoms with Gasteiger partial charge in [0.05, 0.1) is 16.5 Å². The van der Waals surface area contributed by atoms with Crippen molar-refractivity contribution in [3.63, 3.8) is 0 Å². The van der Waals surface area contributed by atoms with E-state index in [0.29, 0.717) is 11.3 Å². The molecule has 0 radical (unpaired) electrons. The Hall–Kier alpha value is -1.51. The van der Waals surface area contributed by atoms with E-state index in [2.05, 4.69) is 30.1 Å². The van der Waals surface area contributed by atoms with Gasteiger partial charge >= 0.3 is 0 Å². The molecular formula is C16H23N3OS. The van der Waals surface area contributed by atoms with Crippen molar-refractivity contribution in [3.05, 3.63) is 29.8 Å². The van der Waals surface area contributed by atoms with Crippen LogP contribution in [0.25, 0.3) is 0 Å². The fourth-order valence-corrected chi connectivity index (χ4v) is 2.83. The van der Waals surface area contributed by atoms with Gasteiger partial charge in [0.15, 0.2) is 0 Å². The van der Waals surface area contributed by atoms with Crippen LogP contribution in [-0.2, 0) is 4.79 Å². The van der Waals surface area contributed by atoms with Crippen LogP contribution < -0.4 is 5.32 Å². The van der Waals surface area contributed by atoms with Crippen molar-refractivity contribution in [1.82, 2.24) is 4.90 Å². The lowest BCUT2D eigenvalue weighted by atomic mass is 10.2. The molecule has 0 aliphatic rings. The number of para-hydroxylation sites is 1. The summed E-state index contributed by atoms with van der Waals surface area (Å²) in [4.78, 5) is 14.5. The van der Waals surface area contributed by atoms with Gasteiger partial charge in [-0.1, -0.05) is 26.0 Å². The van der Waals surface area contributed by atoms with Gasteiger partial charge in [-0.3, -0.25) is 4.79 Å². The van der Waals surface area contributed by atoms with E-state index in [0.717, 1.165) is 25.4 Å². The Morgan fingerprint density at radius 2 is 2.05 bits per heavy atom. The molecule has 1 rings (SSSR count). The zero-order valence-corrected chi connectivity index (χ0v) is 13.7. The lowest BCUT2D eigenvalue weighted by molar-refractivity contribution is -0.115. The first kappa shape index (κ1) is 17.5. The molecule has 0 heterocycles. The number of rotatable bonds is 8. The van der Waals surface area contributed by atoms with Crippen LogP contribution in [0.4, 0.5) is 5.69 Å². The van der Waals surface area contributed by atoms with E-state index >= 15 is 0 Å². The molecular weight excluding hydrogens is 282 g/mol. The smallest absolute Gasteiger partial charge is 0.237 e. The van der Waals surface area contributed by atoms with Gasteiger partial charge in [0.1, 0.15) is 6.07 Å². The van der Waals surface area contributed by atoms with Crippen molar-refractivity contribution in [1.29, 1.82) is 5.26 Å². The first-order valence-electron chi connectivity index (χ1n) is 7.26. The second-order valence-electron chi connectivity index (χ2n) is 4.69. The van der Waals surface area contributed by atoms with Crippen molar-refractivity contribution in [2.45, 2.75) is 26.0 Å². The number of hydrogen-bond donors (Lipinski definition) is 1. The highest BCUT2D eigenvalue weighted by atomic mass is 32.2. The van der Waals surface area contributed by atoms with Crippen LogP contribution >= 0.6 is 11.8 Å². The molecule has 5 heteroatoms. The molecule has 0 saturated carbocycles. The topological polar surface area (TPSA) is 56.1 Å². The molecule has 1 amide bonds. The summed E-state index contributed by atoms with van der Waals surface area (Å²) in [6.07, 6.45) is 0. The predicted octanol–water partition coefficient (Wildman–Crippen LogP) is 2.96. The minimum absolute atomic E-state index is 0.0535. The van der Waals surface area contributed by atoms with E-state index in [1.807, 2.05) is 13.0 Å². The molecule has 0 bridgehead atoms. The third-order valence-corrected chi connectivity index (χ3v) is 4.48. The molecule has 0 spiro atoms. The Morgan fingerprint density at radius 3 is 2.67 bits per heavy atom. The van der Waals surface area contributed by atoms with Gasteiger partial charge in [-0.25, -0.2) is 0 Å². The Labute approximate surface area is 131 Å². The minimum Gasteiger partial charge on any atom is -0.324 e. The highest BCUT2D eigenvalue weighted by Crippen LogP contribution is 2.17. The molecule has 1 aromatic carbocycles. The number of carbonyl (C=O) groups excluding carboxylic acids is 1. The van der Waals surface area contributed by atoms with Crippen molar-refractivity contribution >= 4 is 23.4 Å². The molecule has 0 aliphatic heterocycles. The Bertz CT molecular complexity index is 495. The molecule has 0 fully saturated rings. The van der Waals surface area contributed by atoms with Crippen LogP contribution in [-0.4, -0.2) is 41.4 Å². The highest BCUT2D eigenvalue weighted by Gasteiger charge is 2.15. The Morgan fingerprint density at radius 1 is 1.38 bits per heavy atom. The molecule has 1 atom stereocenters. The number of nitrogens with zero attached hydrogens (tertiary/aromatic N) is 2. The summed E-state index contributed by atoms with van der Waals surface area (Å²) >= 11 is 1.64. The van der Waals surface area contributed by atoms with Crippen LogP contribution in [0.3, 0.4) is 0 Å². The van der Waals surface area contributed by atoms with Crippen LogP contribution in [0.2, 0.25) is 0 Å². The molecule has 21 heavy (non-hydrogen) atoms. The van der Waals surface area contributed by atoms with E-state index in [9.17, 15) is 4.79 Å². The zero-order valence-electron chi connectivity index (χ0n) is 12.9. The number of carbonyl (C=O) groups is 1. The van der Waals surface area contributed by atoms with Crippen molar-refractivity contribution in [2.75, 3.05) is 30.7 Å². The summed E-state index contributed by atoms with van der Waals surface area (Å²) in [7, 11) is 0. The molecule has 0 saturated heterocycles. The first-order chi connectivity index (χ1) is 10.1. The Kier molecular flexibility index (Phi) is 7.88. The van der Waals surface area contributed by atoms with Gasteiger partial charge in [-0.15, -0.1) is 11.8 Å². The number of anilines is 1. The number of thioether (sulfide) groups is 1. The van der Waals surface area contributed by atoms with Gasteiger partial charge in [0.2, 0.25) is 5.91 Å². The molecule has 0 aromatic heterocycles. The number of hydrogen-bond acceptors (Lipinski definition) is 4. The minimum atomic E-state index is -0.132. The summed E-state index contributed by atoms with van der Waals surface area (Å²) < 4.78 is 0. The van der Waals surface area contributed by atoms with Crippen molar-refractivity contribution in [2.24, 2.45) is 0 Å². The number of nitrogens with one attached hydrogen (secondary N) is 1. The second kappa shape index (κ2) is 9.43. The third kappa shape index (κ3) is 5.78. The molecule has 0 aliphatic carbocycles. The highest BCUT2D eigenvalue weighted by molar-refractivity contribution is 8.00. The van der Waals surface area contributed by atoms with Gasteiger partial charge in [-0.05, 0) is 32.1 Å². The number of amides is 1. The monoisotopic (exact) mass is 305 g/mol. The van der Waals surface area contributed by atoms with Gasteiger partial charge in [-0.2, -0.15) is 5.26 Å². The standard InChI is InChI=1S/C16H23N3OS/c1-4-19(5-2)10-11-21-13(3)16(20)18-15-9-7-6-8-14(15)12-17/h6-9,13H,4-5,10-11H2,1-3H3,(H,18,20). The lowest BCUT2D eigenvalue weighted by Crippen LogP contribution is -2.28. The lowest BCUT2D eigenvalue weighted by Gasteiger charge is -2.19. The summed E-state index contributed by atoms with van der Waals surface area (Å²) in [5.41, 5.74) is 1.08. The van der Waals surface area contributed by atoms with E-state index in [-0.39, 0.29) is 11.2 Å². The summed E-state index contributed by atoms with van der Waals surface area (Å²) in [5, 5.41) is 11.7. The van der Waals surface area contributed by atoms with E-state index < -0.39 is 0 Å². The quantitative estimate of drug-likeness (QED) is 0.802. The third-order valence-electron chi connectivity index (χ3n) is 3.34. The van der Waals surface area contributed by atoms with E-state index in [1.54, 1.807) is 30.0 Å². The van der Waals surface area contributed by atoms with Crippen LogP contribution in [0.5, 0.6) is 0 Å². The fourth-order valence-electron chi connectivity index (χ4n) is 1.90. The van der Waals surface area contributed by atoms with Crippen molar-refractivity contribution in [3.8, 4) is 6.07 Å². The first-order valence-corrected chi connectivity index (χ1v) is 8.31. The maximum absolute atomic E-state index is 12.1.